The minimum atomic E-state index is 0.495. The van der Waals surface area contributed by atoms with E-state index in [1.165, 1.54) is 32.1 Å². The number of aryl methyl sites for hydroxylation is 1. The fourth-order valence-electron chi connectivity index (χ4n) is 2.90. The van der Waals surface area contributed by atoms with Crippen LogP contribution in [-0.4, -0.2) is 22.1 Å². The normalized spacial score (nSPS) is 28.4. The van der Waals surface area contributed by atoms with Crippen LogP contribution in [0.4, 0.5) is 0 Å². The molecule has 4 heteroatoms. The van der Waals surface area contributed by atoms with Gasteiger partial charge in [-0.05, 0) is 38.7 Å². The van der Waals surface area contributed by atoms with Gasteiger partial charge in [0.2, 0.25) is 5.88 Å². The van der Waals surface area contributed by atoms with E-state index in [2.05, 4.69) is 10.0 Å². The molecule has 2 saturated heterocycles. The molecule has 0 aromatic carbocycles. The van der Waals surface area contributed by atoms with Gasteiger partial charge < -0.3 is 4.84 Å². The number of nitrogens with zero attached hydrogens (tertiary/aromatic N) is 2. The van der Waals surface area contributed by atoms with E-state index in [1.807, 2.05) is 13.0 Å². The summed E-state index contributed by atoms with van der Waals surface area (Å²) in [5.41, 5.74) is 1.04. The highest BCUT2D eigenvalue weighted by Crippen LogP contribution is 2.36. The van der Waals surface area contributed by atoms with Gasteiger partial charge in [0.25, 0.3) is 0 Å². The van der Waals surface area contributed by atoms with Gasteiger partial charge in [-0.1, -0.05) is 24.1 Å². The summed E-state index contributed by atoms with van der Waals surface area (Å²) in [7, 11) is 0. The first-order valence-electron chi connectivity index (χ1n) is 6.33. The van der Waals surface area contributed by atoms with Crippen molar-refractivity contribution in [1.29, 1.82) is 0 Å². The topological polar surface area (TPSA) is 25.4 Å². The molecular formula is C13H17ClN2O. The summed E-state index contributed by atoms with van der Waals surface area (Å²) in [6.07, 6.45) is 6.33. The molecule has 2 atom stereocenters. The maximum absolute atomic E-state index is 5.99. The first-order valence-corrected chi connectivity index (χ1v) is 6.71. The molecular weight excluding hydrogens is 236 g/mol. The summed E-state index contributed by atoms with van der Waals surface area (Å²) in [6.45, 7) is 2.00. The van der Waals surface area contributed by atoms with E-state index in [4.69, 9.17) is 16.4 Å². The van der Waals surface area contributed by atoms with Gasteiger partial charge in [0.05, 0.1) is 0 Å². The predicted molar refractivity (Wildman–Crippen MR) is 67.1 cm³/mol. The molecule has 2 unspecified atom stereocenters. The van der Waals surface area contributed by atoms with Crippen molar-refractivity contribution in [3.05, 3.63) is 22.8 Å². The van der Waals surface area contributed by atoms with E-state index in [9.17, 15) is 0 Å². The molecule has 0 aliphatic carbocycles. The molecule has 2 aliphatic heterocycles. The highest BCUT2D eigenvalue weighted by atomic mass is 35.5. The molecule has 0 amide bonds. The van der Waals surface area contributed by atoms with Crippen LogP contribution in [0.5, 0.6) is 5.88 Å². The lowest BCUT2D eigenvalue weighted by Crippen LogP contribution is -2.42. The highest BCUT2D eigenvalue weighted by molar-refractivity contribution is 6.29. The Morgan fingerprint density at radius 3 is 2.65 bits per heavy atom. The Kier molecular flexibility index (Phi) is 2.97. The number of halogens is 1. The molecule has 3 nitrogen and oxygen atoms in total. The van der Waals surface area contributed by atoms with Crippen molar-refractivity contribution >= 4 is 11.6 Å². The fourth-order valence-corrected chi connectivity index (χ4v) is 3.04. The quantitative estimate of drug-likeness (QED) is 0.755. The minimum absolute atomic E-state index is 0.495. The zero-order valence-corrected chi connectivity index (χ0v) is 10.8. The average Bonchev–Trinajstić information content (AvgIpc) is 2.55. The summed E-state index contributed by atoms with van der Waals surface area (Å²) >= 11 is 5.91. The van der Waals surface area contributed by atoms with Crippen molar-refractivity contribution in [2.24, 2.45) is 0 Å². The van der Waals surface area contributed by atoms with E-state index < -0.39 is 0 Å². The Labute approximate surface area is 107 Å². The number of piperidine rings is 1. The van der Waals surface area contributed by atoms with Crippen LogP contribution in [0.3, 0.4) is 0 Å². The molecule has 0 radical (unpaired) electrons. The maximum Gasteiger partial charge on any atom is 0.242 e. The molecule has 92 valence electrons. The van der Waals surface area contributed by atoms with Crippen molar-refractivity contribution in [3.8, 4) is 5.88 Å². The Morgan fingerprint density at radius 2 is 1.94 bits per heavy atom. The Balaban J connectivity index is 1.80. The minimum Gasteiger partial charge on any atom is -0.385 e. The largest absolute Gasteiger partial charge is 0.385 e. The lowest BCUT2D eigenvalue weighted by Gasteiger charge is -2.33. The number of rotatable bonds is 2. The Hall–Kier alpha value is -0.800. The van der Waals surface area contributed by atoms with Crippen molar-refractivity contribution in [1.82, 2.24) is 10.0 Å². The van der Waals surface area contributed by atoms with E-state index >= 15 is 0 Å². The van der Waals surface area contributed by atoms with Gasteiger partial charge in [0.15, 0.2) is 0 Å². The lowest BCUT2D eigenvalue weighted by atomic mass is 10.1. The van der Waals surface area contributed by atoms with Crippen molar-refractivity contribution in [2.45, 2.75) is 51.1 Å². The second-order valence-corrected chi connectivity index (χ2v) is 5.41. The lowest BCUT2D eigenvalue weighted by molar-refractivity contribution is -0.123. The molecule has 2 aliphatic rings. The number of aromatic nitrogens is 1. The van der Waals surface area contributed by atoms with Gasteiger partial charge in [0, 0.05) is 17.6 Å². The predicted octanol–water partition coefficient (Wildman–Crippen LogP) is 3.35. The zero-order chi connectivity index (χ0) is 11.8. The van der Waals surface area contributed by atoms with Crippen molar-refractivity contribution in [2.75, 3.05) is 0 Å². The zero-order valence-electron chi connectivity index (χ0n) is 10.0. The molecule has 0 spiro atoms. The second-order valence-electron chi connectivity index (χ2n) is 5.02. The van der Waals surface area contributed by atoms with Crippen LogP contribution >= 0.6 is 11.6 Å². The maximum atomic E-state index is 5.99. The summed E-state index contributed by atoms with van der Waals surface area (Å²) in [5, 5.41) is 2.66. The van der Waals surface area contributed by atoms with Crippen LogP contribution in [0.15, 0.2) is 12.1 Å². The van der Waals surface area contributed by atoms with Crippen LogP contribution in [-0.2, 0) is 0 Å². The third-order valence-electron chi connectivity index (χ3n) is 3.84. The Bertz CT molecular complexity index is 408. The van der Waals surface area contributed by atoms with Gasteiger partial charge in [-0.25, -0.2) is 0 Å². The van der Waals surface area contributed by atoms with Crippen LogP contribution < -0.4 is 4.84 Å². The second kappa shape index (κ2) is 4.46. The monoisotopic (exact) mass is 252 g/mol. The number of hydrogen-bond donors (Lipinski definition) is 0. The molecule has 1 aromatic rings. The molecule has 0 N–H and O–H groups in total. The molecule has 3 heterocycles. The average molecular weight is 253 g/mol. The van der Waals surface area contributed by atoms with Crippen LogP contribution in [0.25, 0.3) is 0 Å². The van der Waals surface area contributed by atoms with Gasteiger partial charge in [0.1, 0.15) is 5.15 Å². The number of hydroxylamine groups is 2. The van der Waals surface area contributed by atoms with Crippen molar-refractivity contribution in [3.63, 3.8) is 0 Å². The summed E-state index contributed by atoms with van der Waals surface area (Å²) in [6, 6.07) is 4.91. The summed E-state index contributed by atoms with van der Waals surface area (Å²) in [5.74, 6) is 0.663. The first kappa shape index (κ1) is 11.3. The SMILES string of the molecule is Cc1ccc(Cl)nc1ON1C2CCCC1CC2. The van der Waals surface area contributed by atoms with Gasteiger partial charge in [-0.15, -0.1) is 5.06 Å². The Morgan fingerprint density at radius 1 is 1.24 bits per heavy atom. The summed E-state index contributed by atoms with van der Waals surface area (Å²) < 4.78 is 0. The fraction of sp³-hybridized carbons (Fsp3) is 0.615. The molecule has 0 saturated carbocycles. The van der Waals surface area contributed by atoms with E-state index in [1.54, 1.807) is 6.07 Å². The number of pyridine rings is 1. The van der Waals surface area contributed by atoms with Crippen LogP contribution in [0.2, 0.25) is 5.15 Å². The first-order chi connectivity index (χ1) is 8.24. The standard InChI is InChI=1S/C13H17ClN2O/c1-9-5-8-12(14)15-13(9)17-16-10-3-2-4-11(16)7-6-10/h5,8,10-11H,2-4,6-7H2,1H3. The molecule has 3 rings (SSSR count). The van der Waals surface area contributed by atoms with E-state index in [-0.39, 0.29) is 0 Å². The van der Waals surface area contributed by atoms with Crippen molar-refractivity contribution < 1.29 is 4.84 Å². The molecule has 2 fully saturated rings. The van der Waals surface area contributed by atoms with E-state index in [0.29, 0.717) is 23.1 Å². The number of hydrogen-bond acceptors (Lipinski definition) is 3. The molecule has 2 bridgehead atoms. The smallest absolute Gasteiger partial charge is 0.242 e. The third kappa shape index (κ3) is 2.14. The van der Waals surface area contributed by atoms with Gasteiger partial charge in [-0.3, -0.25) is 0 Å². The highest BCUT2D eigenvalue weighted by Gasteiger charge is 2.38. The van der Waals surface area contributed by atoms with Crippen LogP contribution in [0, 0.1) is 6.92 Å². The van der Waals surface area contributed by atoms with E-state index in [0.717, 1.165) is 5.56 Å². The molecule has 17 heavy (non-hydrogen) atoms. The number of fused-ring (bicyclic) bond motifs is 2. The van der Waals surface area contributed by atoms with Crippen LogP contribution in [0.1, 0.15) is 37.7 Å². The summed E-state index contributed by atoms with van der Waals surface area (Å²) in [4.78, 5) is 10.3. The van der Waals surface area contributed by atoms with Gasteiger partial charge >= 0.3 is 0 Å². The van der Waals surface area contributed by atoms with Gasteiger partial charge in [-0.2, -0.15) is 4.98 Å². The molecule has 1 aromatic heterocycles. The third-order valence-corrected chi connectivity index (χ3v) is 4.05.